The van der Waals surface area contributed by atoms with Crippen LogP contribution in [0.2, 0.25) is 0 Å². The number of hydrogen-bond donors (Lipinski definition) is 1. The Bertz CT molecular complexity index is 790. The number of nitrogens with zero attached hydrogens (tertiary/aromatic N) is 4. The molecule has 1 unspecified atom stereocenters. The lowest BCUT2D eigenvalue weighted by Gasteiger charge is -2.14. The van der Waals surface area contributed by atoms with Crippen molar-refractivity contribution in [2.24, 2.45) is 0 Å². The molecule has 2 aromatic heterocycles. The van der Waals surface area contributed by atoms with Crippen molar-refractivity contribution in [1.29, 1.82) is 0 Å². The summed E-state index contributed by atoms with van der Waals surface area (Å²) in [6.07, 6.45) is 5.95. The molecule has 1 aromatic carbocycles. The van der Waals surface area contributed by atoms with E-state index in [0.717, 1.165) is 30.8 Å². The number of hydrogen-bond acceptors (Lipinski definition) is 7. The van der Waals surface area contributed by atoms with Gasteiger partial charge in [0.25, 0.3) is 5.89 Å². The van der Waals surface area contributed by atoms with Crippen molar-refractivity contribution in [2.75, 3.05) is 13.1 Å². The predicted octanol–water partition coefficient (Wildman–Crippen LogP) is 2.36. The standard InChI is InChI=1S/C16H15N5O2.ClH/c1-2-4-14(22-11-5-6-17-9-11)12(3-1)16-20-15(21-23-16)13-10-18-7-8-19-13;/h1-4,7-8,10-11,17H,5-6,9H2;1H. The number of nitrogens with one attached hydrogen (secondary N) is 1. The van der Waals surface area contributed by atoms with Gasteiger partial charge in [-0.3, -0.25) is 4.98 Å². The number of ether oxygens (including phenoxy) is 1. The fourth-order valence-electron chi connectivity index (χ4n) is 2.51. The zero-order chi connectivity index (χ0) is 15.5. The first-order chi connectivity index (χ1) is 11.4. The van der Waals surface area contributed by atoms with Crippen molar-refractivity contribution < 1.29 is 9.26 Å². The number of para-hydroxylation sites is 1. The first-order valence-electron chi connectivity index (χ1n) is 7.47. The van der Waals surface area contributed by atoms with E-state index in [1.807, 2.05) is 24.3 Å². The fraction of sp³-hybridized carbons (Fsp3) is 0.250. The Morgan fingerprint density at radius 2 is 2.12 bits per heavy atom. The Labute approximate surface area is 144 Å². The molecule has 1 aliphatic heterocycles. The zero-order valence-electron chi connectivity index (χ0n) is 12.8. The maximum Gasteiger partial charge on any atom is 0.262 e. The summed E-state index contributed by atoms with van der Waals surface area (Å²) in [6, 6.07) is 7.67. The first-order valence-corrected chi connectivity index (χ1v) is 7.47. The van der Waals surface area contributed by atoms with Gasteiger partial charge >= 0.3 is 0 Å². The lowest BCUT2D eigenvalue weighted by atomic mass is 10.2. The van der Waals surface area contributed by atoms with Gasteiger partial charge in [0.05, 0.1) is 11.8 Å². The molecule has 7 nitrogen and oxygen atoms in total. The van der Waals surface area contributed by atoms with Gasteiger partial charge in [-0.15, -0.1) is 12.4 Å². The molecule has 3 heterocycles. The van der Waals surface area contributed by atoms with Crippen LogP contribution in [0.4, 0.5) is 0 Å². The number of rotatable bonds is 4. The Hall–Kier alpha value is -2.51. The highest BCUT2D eigenvalue weighted by atomic mass is 35.5. The van der Waals surface area contributed by atoms with Crippen molar-refractivity contribution in [3.8, 4) is 28.7 Å². The lowest BCUT2D eigenvalue weighted by molar-refractivity contribution is 0.223. The van der Waals surface area contributed by atoms with Gasteiger partial charge < -0.3 is 14.6 Å². The van der Waals surface area contributed by atoms with Gasteiger partial charge in [-0.2, -0.15) is 4.98 Å². The van der Waals surface area contributed by atoms with E-state index in [1.165, 1.54) is 0 Å². The predicted molar refractivity (Wildman–Crippen MR) is 89.9 cm³/mol. The molecule has 1 atom stereocenters. The van der Waals surface area contributed by atoms with E-state index in [4.69, 9.17) is 9.26 Å². The van der Waals surface area contributed by atoms with Crippen LogP contribution in [0.15, 0.2) is 47.4 Å². The van der Waals surface area contributed by atoms with Gasteiger partial charge in [0.2, 0.25) is 5.82 Å². The van der Waals surface area contributed by atoms with Gasteiger partial charge in [0, 0.05) is 18.9 Å². The topological polar surface area (TPSA) is 86.0 Å². The Kier molecular flexibility index (Phi) is 5.02. The summed E-state index contributed by atoms with van der Waals surface area (Å²) in [7, 11) is 0. The van der Waals surface area contributed by atoms with Crippen LogP contribution < -0.4 is 10.1 Å². The maximum absolute atomic E-state index is 6.06. The molecule has 1 aliphatic rings. The van der Waals surface area contributed by atoms with Gasteiger partial charge in [0.1, 0.15) is 17.5 Å². The first kappa shape index (κ1) is 16.4. The van der Waals surface area contributed by atoms with Crippen LogP contribution in [0.25, 0.3) is 23.0 Å². The minimum Gasteiger partial charge on any atom is -0.488 e. The second-order valence-corrected chi connectivity index (χ2v) is 5.24. The molecule has 0 bridgehead atoms. The van der Waals surface area contributed by atoms with Crippen LogP contribution in [0.1, 0.15) is 6.42 Å². The molecule has 24 heavy (non-hydrogen) atoms. The Morgan fingerprint density at radius 3 is 2.92 bits per heavy atom. The fourth-order valence-corrected chi connectivity index (χ4v) is 2.51. The summed E-state index contributed by atoms with van der Waals surface area (Å²) in [5, 5.41) is 7.27. The van der Waals surface area contributed by atoms with Crippen LogP contribution in [0.5, 0.6) is 5.75 Å². The van der Waals surface area contributed by atoms with Gasteiger partial charge in [-0.1, -0.05) is 17.3 Å². The molecule has 1 fully saturated rings. The third-order valence-corrected chi connectivity index (χ3v) is 3.64. The molecule has 3 aromatic rings. The molecular weight excluding hydrogens is 330 g/mol. The monoisotopic (exact) mass is 345 g/mol. The van der Waals surface area contributed by atoms with E-state index in [2.05, 4.69) is 25.4 Å². The summed E-state index contributed by atoms with van der Waals surface area (Å²) < 4.78 is 11.4. The second-order valence-electron chi connectivity index (χ2n) is 5.24. The normalized spacial score (nSPS) is 16.6. The molecule has 124 valence electrons. The van der Waals surface area contributed by atoms with Crippen molar-refractivity contribution in [1.82, 2.24) is 25.4 Å². The molecule has 4 rings (SSSR count). The van der Waals surface area contributed by atoms with Gasteiger partial charge in [-0.05, 0) is 25.1 Å². The van der Waals surface area contributed by atoms with E-state index < -0.39 is 0 Å². The van der Waals surface area contributed by atoms with E-state index in [9.17, 15) is 0 Å². The highest BCUT2D eigenvalue weighted by Crippen LogP contribution is 2.30. The second kappa shape index (κ2) is 7.37. The van der Waals surface area contributed by atoms with Crippen LogP contribution in [-0.4, -0.2) is 39.3 Å². The smallest absolute Gasteiger partial charge is 0.262 e. The van der Waals surface area contributed by atoms with Crippen LogP contribution in [-0.2, 0) is 0 Å². The van der Waals surface area contributed by atoms with Crippen LogP contribution in [0.3, 0.4) is 0 Å². The van der Waals surface area contributed by atoms with E-state index >= 15 is 0 Å². The molecule has 0 aliphatic carbocycles. The third-order valence-electron chi connectivity index (χ3n) is 3.64. The summed E-state index contributed by atoms with van der Waals surface area (Å²) in [5.74, 6) is 1.56. The highest BCUT2D eigenvalue weighted by molar-refractivity contribution is 5.85. The third kappa shape index (κ3) is 3.37. The molecule has 0 amide bonds. The number of benzene rings is 1. The molecular formula is C16H16ClN5O2. The number of aromatic nitrogens is 4. The zero-order valence-corrected chi connectivity index (χ0v) is 13.6. The van der Waals surface area contributed by atoms with E-state index in [1.54, 1.807) is 18.6 Å². The summed E-state index contributed by atoms with van der Waals surface area (Å²) in [6.45, 7) is 1.83. The van der Waals surface area contributed by atoms with Crippen molar-refractivity contribution >= 4 is 12.4 Å². The molecule has 0 radical (unpaired) electrons. The van der Waals surface area contributed by atoms with Crippen molar-refractivity contribution in [3.63, 3.8) is 0 Å². The minimum atomic E-state index is 0. The van der Waals surface area contributed by atoms with E-state index in [0.29, 0.717) is 17.4 Å². The average molecular weight is 346 g/mol. The molecule has 1 saturated heterocycles. The van der Waals surface area contributed by atoms with Crippen molar-refractivity contribution in [2.45, 2.75) is 12.5 Å². The highest BCUT2D eigenvalue weighted by Gasteiger charge is 2.20. The largest absolute Gasteiger partial charge is 0.488 e. The van der Waals surface area contributed by atoms with Crippen LogP contribution in [0, 0.1) is 0 Å². The SMILES string of the molecule is Cl.c1ccc(-c2nc(-c3cnccn3)no2)c(OC2CCNC2)c1. The van der Waals surface area contributed by atoms with Crippen molar-refractivity contribution in [3.05, 3.63) is 42.9 Å². The molecule has 0 saturated carbocycles. The van der Waals surface area contributed by atoms with Crippen LogP contribution >= 0.6 is 12.4 Å². The van der Waals surface area contributed by atoms with E-state index in [-0.39, 0.29) is 18.5 Å². The molecule has 1 N–H and O–H groups in total. The minimum absolute atomic E-state index is 0. The Morgan fingerprint density at radius 1 is 1.21 bits per heavy atom. The maximum atomic E-state index is 6.06. The summed E-state index contributed by atoms with van der Waals surface area (Å²) in [4.78, 5) is 12.6. The summed E-state index contributed by atoms with van der Waals surface area (Å²) in [5.41, 5.74) is 1.35. The quantitative estimate of drug-likeness (QED) is 0.776. The van der Waals surface area contributed by atoms with Gasteiger partial charge in [0.15, 0.2) is 0 Å². The molecule has 0 spiro atoms. The van der Waals surface area contributed by atoms with Gasteiger partial charge in [-0.25, -0.2) is 4.98 Å². The Balaban J connectivity index is 0.00000169. The summed E-state index contributed by atoms with van der Waals surface area (Å²) >= 11 is 0. The number of halogens is 1. The average Bonchev–Trinajstić information content (AvgIpc) is 3.28. The molecule has 8 heteroatoms. The lowest BCUT2D eigenvalue weighted by Crippen LogP contribution is -2.19.